The Morgan fingerprint density at radius 3 is 2.38 bits per heavy atom. The second kappa shape index (κ2) is 5.29. The SMILES string of the molecule is CNC(=O)CNc1nc(C)nc(NC)c1C. The number of carbonyl (C=O) groups is 1. The lowest BCUT2D eigenvalue weighted by atomic mass is 10.3. The molecule has 0 radical (unpaired) electrons. The van der Waals surface area contributed by atoms with E-state index in [-0.39, 0.29) is 12.5 Å². The Morgan fingerprint density at radius 1 is 1.19 bits per heavy atom. The summed E-state index contributed by atoms with van der Waals surface area (Å²) in [6.45, 7) is 3.92. The lowest BCUT2D eigenvalue weighted by Gasteiger charge is -2.11. The Balaban J connectivity index is 2.87. The molecule has 0 spiro atoms. The fourth-order valence-corrected chi connectivity index (χ4v) is 1.30. The molecule has 0 aliphatic carbocycles. The second-order valence-electron chi connectivity index (χ2n) is 3.37. The first kappa shape index (κ1) is 12.2. The predicted octanol–water partition coefficient (Wildman–Crippen LogP) is 0.293. The maximum absolute atomic E-state index is 11.1. The molecule has 0 aliphatic rings. The molecule has 1 aromatic heterocycles. The highest BCUT2D eigenvalue weighted by atomic mass is 16.1. The molecular weight excluding hydrogens is 206 g/mol. The average Bonchev–Trinajstić information content (AvgIpc) is 2.29. The van der Waals surface area contributed by atoms with E-state index in [4.69, 9.17) is 0 Å². The minimum Gasteiger partial charge on any atom is -0.373 e. The van der Waals surface area contributed by atoms with Crippen LogP contribution in [0.1, 0.15) is 11.4 Å². The summed E-state index contributed by atoms with van der Waals surface area (Å²) in [5, 5.41) is 8.50. The van der Waals surface area contributed by atoms with Crippen LogP contribution in [0.2, 0.25) is 0 Å². The molecule has 6 heteroatoms. The number of likely N-dealkylation sites (N-methyl/N-ethyl adjacent to an activating group) is 1. The molecule has 1 amide bonds. The van der Waals surface area contributed by atoms with Crippen LogP contribution in [0.15, 0.2) is 0 Å². The van der Waals surface area contributed by atoms with Gasteiger partial charge in [-0.25, -0.2) is 9.97 Å². The Morgan fingerprint density at radius 2 is 1.81 bits per heavy atom. The van der Waals surface area contributed by atoms with E-state index in [2.05, 4.69) is 25.9 Å². The van der Waals surface area contributed by atoms with Crippen molar-refractivity contribution in [3.05, 3.63) is 11.4 Å². The van der Waals surface area contributed by atoms with Crippen molar-refractivity contribution in [2.45, 2.75) is 13.8 Å². The van der Waals surface area contributed by atoms with Crippen LogP contribution in [0.5, 0.6) is 0 Å². The van der Waals surface area contributed by atoms with Gasteiger partial charge in [0.25, 0.3) is 0 Å². The molecule has 16 heavy (non-hydrogen) atoms. The number of rotatable bonds is 4. The number of nitrogens with zero attached hydrogens (tertiary/aromatic N) is 2. The molecule has 0 aliphatic heterocycles. The lowest BCUT2D eigenvalue weighted by molar-refractivity contribution is -0.118. The maximum Gasteiger partial charge on any atom is 0.239 e. The number of amides is 1. The summed E-state index contributed by atoms with van der Waals surface area (Å²) < 4.78 is 0. The van der Waals surface area contributed by atoms with Gasteiger partial charge in [-0.3, -0.25) is 4.79 Å². The van der Waals surface area contributed by atoms with Gasteiger partial charge >= 0.3 is 0 Å². The van der Waals surface area contributed by atoms with Crippen molar-refractivity contribution in [2.24, 2.45) is 0 Å². The third-order valence-corrected chi connectivity index (χ3v) is 2.19. The third kappa shape index (κ3) is 2.82. The van der Waals surface area contributed by atoms with Gasteiger partial charge in [0, 0.05) is 19.7 Å². The molecule has 0 saturated heterocycles. The van der Waals surface area contributed by atoms with Crippen LogP contribution in [-0.2, 0) is 4.79 Å². The molecule has 0 atom stereocenters. The summed E-state index contributed by atoms with van der Waals surface area (Å²) in [6, 6.07) is 0. The van der Waals surface area contributed by atoms with Gasteiger partial charge in [0.1, 0.15) is 17.5 Å². The number of anilines is 2. The van der Waals surface area contributed by atoms with Crippen molar-refractivity contribution in [2.75, 3.05) is 31.3 Å². The van der Waals surface area contributed by atoms with E-state index in [1.807, 2.05) is 13.8 Å². The molecule has 1 aromatic rings. The van der Waals surface area contributed by atoms with Crippen molar-refractivity contribution in [1.82, 2.24) is 15.3 Å². The monoisotopic (exact) mass is 223 g/mol. The Labute approximate surface area is 94.9 Å². The summed E-state index contributed by atoms with van der Waals surface area (Å²) in [6.07, 6.45) is 0. The summed E-state index contributed by atoms with van der Waals surface area (Å²) >= 11 is 0. The summed E-state index contributed by atoms with van der Waals surface area (Å²) in [5.74, 6) is 2.03. The van der Waals surface area contributed by atoms with Crippen molar-refractivity contribution in [3.8, 4) is 0 Å². The molecule has 1 rings (SSSR count). The molecule has 0 bridgehead atoms. The number of aryl methyl sites for hydroxylation is 1. The van der Waals surface area contributed by atoms with Crippen LogP contribution in [0.3, 0.4) is 0 Å². The van der Waals surface area contributed by atoms with Crippen LogP contribution in [0.4, 0.5) is 11.6 Å². The Bertz CT molecular complexity index is 391. The highest BCUT2D eigenvalue weighted by Crippen LogP contribution is 2.18. The van der Waals surface area contributed by atoms with Gasteiger partial charge in [-0.05, 0) is 13.8 Å². The predicted molar refractivity (Wildman–Crippen MR) is 63.6 cm³/mol. The molecule has 0 aromatic carbocycles. The van der Waals surface area contributed by atoms with E-state index < -0.39 is 0 Å². The average molecular weight is 223 g/mol. The lowest BCUT2D eigenvalue weighted by Crippen LogP contribution is -2.26. The van der Waals surface area contributed by atoms with Crippen LogP contribution in [0, 0.1) is 13.8 Å². The first-order chi connectivity index (χ1) is 7.58. The van der Waals surface area contributed by atoms with E-state index in [0.717, 1.165) is 11.4 Å². The van der Waals surface area contributed by atoms with Crippen molar-refractivity contribution in [3.63, 3.8) is 0 Å². The van der Waals surface area contributed by atoms with Crippen molar-refractivity contribution in [1.29, 1.82) is 0 Å². The zero-order chi connectivity index (χ0) is 12.1. The number of carbonyl (C=O) groups excluding carboxylic acids is 1. The first-order valence-electron chi connectivity index (χ1n) is 5.06. The highest BCUT2D eigenvalue weighted by Gasteiger charge is 2.08. The smallest absolute Gasteiger partial charge is 0.239 e. The summed E-state index contributed by atoms with van der Waals surface area (Å²) in [7, 11) is 3.40. The van der Waals surface area contributed by atoms with Crippen molar-refractivity contribution < 1.29 is 4.79 Å². The Hall–Kier alpha value is -1.85. The number of aromatic nitrogens is 2. The van der Waals surface area contributed by atoms with E-state index in [9.17, 15) is 4.79 Å². The van der Waals surface area contributed by atoms with Gasteiger partial charge in [0.15, 0.2) is 0 Å². The fraction of sp³-hybridized carbons (Fsp3) is 0.500. The Kier molecular flexibility index (Phi) is 4.04. The van der Waals surface area contributed by atoms with Gasteiger partial charge in [-0.2, -0.15) is 0 Å². The van der Waals surface area contributed by atoms with Crippen LogP contribution >= 0.6 is 0 Å². The minimum atomic E-state index is -0.0818. The van der Waals surface area contributed by atoms with Gasteiger partial charge in [-0.15, -0.1) is 0 Å². The molecule has 6 nitrogen and oxygen atoms in total. The molecule has 3 N–H and O–H groups in total. The summed E-state index contributed by atoms with van der Waals surface area (Å²) in [5.41, 5.74) is 0.900. The molecule has 0 unspecified atom stereocenters. The molecule has 88 valence electrons. The number of hydrogen-bond acceptors (Lipinski definition) is 5. The first-order valence-corrected chi connectivity index (χ1v) is 5.06. The van der Waals surface area contributed by atoms with E-state index in [0.29, 0.717) is 11.6 Å². The standard InChI is InChI=1S/C10H17N5O/c1-6-9(12-4)14-7(2)15-10(6)13-5-8(16)11-3/h5H2,1-4H3,(H,11,16)(H2,12,13,14,15). The largest absolute Gasteiger partial charge is 0.373 e. The highest BCUT2D eigenvalue weighted by molar-refractivity contribution is 5.80. The van der Waals surface area contributed by atoms with Gasteiger partial charge in [0.05, 0.1) is 6.54 Å². The third-order valence-electron chi connectivity index (χ3n) is 2.19. The van der Waals surface area contributed by atoms with E-state index in [1.54, 1.807) is 14.1 Å². The zero-order valence-electron chi connectivity index (χ0n) is 10.0. The summed E-state index contributed by atoms with van der Waals surface area (Å²) in [4.78, 5) is 19.6. The molecular formula is C10H17N5O. The maximum atomic E-state index is 11.1. The van der Waals surface area contributed by atoms with Crippen LogP contribution in [0.25, 0.3) is 0 Å². The van der Waals surface area contributed by atoms with Gasteiger partial charge < -0.3 is 16.0 Å². The zero-order valence-corrected chi connectivity index (χ0v) is 10.0. The minimum absolute atomic E-state index is 0.0818. The number of nitrogens with one attached hydrogen (secondary N) is 3. The van der Waals surface area contributed by atoms with E-state index in [1.165, 1.54) is 0 Å². The van der Waals surface area contributed by atoms with Crippen LogP contribution in [-0.4, -0.2) is 36.5 Å². The fourth-order valence-electron chi connectivity index (χ4n) is 1.30. The second-order valence-corrected chi connectivity index (χ2v) is 3.37. The van der Waals surface area contributed by atoms with Crippen molar-refractivity contribution >= 4 is 17.5 Å². The molecule has 0 fully saturated rings. The van der Waals surface area contributed by atoms with Gasteiger partial charge in [-0.1, -0.05) is 0 Å². The van der Waals surface area contributed by atoms with E-state index >= 15 is 0 Å². The van der Waals surface area contributed by atoms with Crippen LogP contribution < -0.4 is 16.0 Å². The molecule has 0 saturated carbocycles. The molecule has 1 heterocycles. The quantitative estimate of drug-likeness (QED) is 0.684. The number of hydrogen-bond donors (Lipinski definition) is 3. The topological polar surface area (TPSA) is 78.9 Å². The normalized spacial score (nSPS) is 9.75. The van der Waals surface area contributed by atoms with Gasteiger partial charge in [0.2, 0.25) is 5.91 Å².